The summed E-state index contributed by atoms with van der Waals surface area (Å²) in [5.41, 5.74) is 0.842. The first-order valence-electron chi connectivity index (χ1n) is 6.63. The van der Waals surface area contributed by atoms with Crippen LogP contribution in [-0.2, 0) is 0 Å². The molecule has 0 saturated carbocycles. The van der Waals surface area contributed by atoms with Gasteiger partial charge in [-0.05, 0) is 42.8 Å². The Morgan fingerprint density at radius 2 is 1.74 bits per heavy atom. The standard InChI is InChI=1S/C15H26O3Si/c1-11(16)12-8-9-13(17-5)14(10-12)18-19(6,7)15(2,3)4/h8-11,16H,1-7H3. The molecule has 0 fully saturated rings. The van der Waals surface area contributed by atoms with Crippen molar-refractivity contribution >= 4 is 8.32 Å². The third-order valence-corrected chi connectivity index (χ3v) is 8.18. The monoisotopic (exact) mass is 282 g/mol. The predicted octanol–water partition coefficient (Wildman–Crippen LogP) is 4.13. The van der Waals surface area contributed by atoms with Crippen LogP contribution < -0.4 is 9.16 Å². The van der Waals surface area contributed by atoms with Crippen molar-refractivity contribution in [2.24, 2.45) is 0 Å². The molecule has 3 nitrogen and oxygen atoms in total. The molecule has 1 unspecified atom stereocenters. The zero-order valence-corrected chi connectivity index (χ0v) is 14.1. The van der Waals surface area contributed by atoms with E-state index in [0.717, 1.165) is 11.3 Å². The highest BCUT2D eigenvalue weighted by Gasteiger charge is 2.39. The van der Waals surface area contributed by atoms with Crippen LogP contribution in [0.5, 0.6) is 11.5 Å². The molecule has 1 N–H and O–H groups in total. The molecule has 0 amide bonds. The molecule has 1 atom stereocenters. The van der Waals surface area contributed by atoms with Crippen molar-refractivity contribution in [2.75, 3.05) is 7.11 Å². The van der Waals surface area contributed by atoms with Gasteiger partial charge in [0, 0.05) is 0 Å². The summed E-state index contributed by atoms with van der Waals surface area (Å²) in [5.74, 6) is 1.45. The molecule has 0 aliphatic carbocycles. The number of benzene rings is 1. The first kappa shape index (κ1) is 16.1. The number of methoxy groups -OCH3 is 1. The lowest BCUT2D eigenvalue weighted by molar-refractivity contribution is 0.199. The molecule has 0 aromatic heterocycles. The number of aliphatic hydroxyl groups excluding tert-OH is 1. The van der Waals surface area contributed by atoms with Gasteiger partial charge in [0.2, 0.25) is 0 Å². The van der Waals surface area contributed by atoms with E-state index in [-0.39, 0.29) is 5.04 Å². The summed E-state index contributed by atoms with van der Waals surface area (Å²) in [5, 5.41) is 9.81. The van der Waals surface area contributed by atoms with E-state index in [9.17, 15) is 5.11 Å². The molecule has 0 aliphatic rings. The van der Waals surface area contributed by atoms with Crippen LogP contribution in [-0.4, -0.2) is 20.5 Å². The molecule has 0 aliphatic heterocycles. The molecule has 1 aromatic carbocycles. The average molecular weight is 282 g/mol. The minimum absolute atomic E-state index is 0.124. The Labute approximate surface area is 117 Å². The van der Waals surface area contributed by atoms with Crippen LogP contribution in [0.1, 0.15) is 39.4 Å². The number of hydrogen-bond donors (Lipinski definition) is 1. The van der Waals surface area contributed by atoms with E-state index in [4.69, 9.17) is 9.16 Å². The maximum atomic E-state index is 9.68. The molecular weight excluding hydrogens is 256 g/mol. The zero-order valence-electron chi connectivity index (χ0n) is 13.1. The van der Waals surface area contributed by atoms with Crippen molar-refractivity contribution in [3.63, 3.8) is 0 Å². The number of aliphatic hydroxyl groups is 1. The molecule has 19 heavy (non-hydrogen) atoms. The van der Waals surface area contributed by atoms with Gasteiger partial charge in [0.25, 0.3) is 8.32 Å². The summed E-state index contributed by atoms with van der Waals surface area (Å²) in [6.45, 7) is 12.7. The summed E-state index contributed by atoms with van der Waals surface area (Å²) in [4.78, 5) is 0. The van der Waals surface area contributed by atoms with Gasteiger partial charge >= 0.3 is 0 Å². The van der Waals surface area contributed by atoms with E-state index in [1.807, 2.05) is 18.2 Å². The van der Waals surface area contributed by atoms with Gasteiger partial charge in [0.05, 0.1) is 13.2 Å². The molecule has 1 rings (SSSR count). The molecule has 108 valence electrons. The van der Waals surface area contributed by atoms with Gasteiger partial charge in [0.1, 0.15) is 5.75 Å². The second kappa shape index (κ2) is 5.55. The third-order valence-electron chi connectivity index (χ3n) is 3.84. The van der Waals surface area contributed by atoms with Crippen molar-refractivity contribution in [3.8, 4) is 11.5 Å². The molecule has 0 spiro atoms. The molecule has 4 heteroatoms. The Balaban J connectivity index is 3.15. The Bertz CT molecular complexity index is 434. The maximum absolute atomic E-state index is 9.68. The predicted molar refractivity (Wildman–Crippen MR) is 81.5 cm³/mol. The Hall–Kier alpha value is -1.00. The van der Waals surface area contributed by atoms with E-state index in [1.165, 1.54) is 0 Å². The normalized spacial score (nSPS) is 14.1. The van der Waals surface area contributed by atoms with Gasteiger partial charge in [-0.3, -0.25) is 0 Å². The summed E-state index contributed by atoms with van der Waals surface area (Å²) in [7, 11) is -0.278. The fourth-order valence-electron chi connectivity index (χ4n) is 1.46. The molecule has 0 saturated heterocycles. The van der Waals surface area contributed by atoms with Crippen molar-refractivity contribution in [2.45, 2.75) is 51.9 Å². The highest BCUT2D eigenvalue weighted by Crippen LogP contribution is 2.40. The van der Waals surface area contributed by atoms with E-state index < -0.39 is 14.4 Å². The minimum Gasteiger partial charge on any atom is -0.541 e. The van der Waals surface area contributed by atoms with Gasteiger partial charge in [0.15, 0.2) is 5.75 Å². The lowest BCUT2D eigenvalue weighted by atomic mass is 10.1. The molecular formula is C15H26O3Si. The highest BCUT2D eigenvalue weighted by molar-refractivity contribution is 6.74. The van der Waals surface area contributed by atoms with Crippen LogP contribution >= 0.6 is 0 Å². The van der Waals surface area contributed by atoms with Crippen molar-refractivity contribution in [1.82, 2.24) is 0 Å². The van der Waals surface area contributed by atoms with Crippen molar-refractivity contribution in [3.05, 3.63) is 23.8 Å². The van der Waals surface area contributed by atoms with E-state index >= 15 is 0 Å². The summed E-state index contributed by atoms with van der Waals surface area (Å²) < 4.78 is 11.6. The van der Waals surface area contributed by atoms with Gasteiger partial charge < -0.3 is 14.3 Å². The van der Waals surface area contributed by atoms with E-state index in [0.29, 0.717) is 5.75 Å². The second-order valence-electron chi connectivity index (χ2n) is 6.45. The Morgan fingerprint density at radius 1 is 1.16 bits per heavy atom. The first-order chi connectivity index (χ1) is 8.58. The van der Waals surface area contributed by atoms with Crippen LogP contribution in [0.25, 0.3) is 0 Å². The number of rotatable bonds is 4. The lowest BCUT2D eigenvalue weighted by Crippen LogP contribution is -2.43. The van der Waals surface area contributed by atoms with Gasteiger partial charge in [-0.1, -0.05) is 26.8 Å². The van der Waals surface area contributed by atoms with Gasteiger partial charge in [-0.25, -0.2) is 0 Å². The van der Waals surface area contributed by atoms with Crippen LogP contribution in [0.15, 0.2) is 18.2 Å². The fourth-order valence-corrected chi connectivity index (χ4v) is 2.48. The van der Waals surface area contributed by atoms with Crippen LogP contribution in [0.4, 0.5) is 0 Å². The second-order valence-corrected chi connectivity index (χ2v) is 11.2. The molecule has 0 heterocycles. The molecule has 0 bridgehead atoms. The summed E-state index contributed by atoms with van der Waals surface area (Å²) in [6, 6.07) is 5.59. The van der Waals surface area contributed by atoms with E-state index in [2.05, 4.69) is 33.9 Å². The average Bonchev–Trinajstić information content (AvgIpc) is 2.26. The number of ether oxygens (including phenoxy) is 1. The minimum atomic E-state index is -1.91. The summed E-state index contributed by atoms with van der Waals surface area (Å²) in [6.07, 6.45) is -0.507. The fraction of sp³-hybridized carbons (Fsp3) is 0.600. The highest BCUT2D eigenvalue weighted by atomic mass is 28.4. The smallest absolute Gasteiger partial charge is 0.250 e. The molecule has 1 aromatic rings. The molecule has 0 radical (unpaired) electrons. The van der Waals surface area contributed by atoms with Crippen molar-refractivity contribution < 1.29 is 14.3 Å². The van der Waals surface area contributed by atoms with Crippen molar-refractivity contribution in [1.29, 1.82) is 0 Å². The van der Waals surface area contributed by atoms with Crippen LogP contribution in [0.3, 0.4) is 0 Å². The maximum Gasteiger partial charge on any atom is 0.250 e. The van der Waals surface area contributed by atoms with Gasteiger partial charge in [-0.15, -0.1) is 0 Å². The SMILES string of the molecule is COc1ccc(C(C)O)cc1O[Si](C)(C)C(C)(C)C. The largest absolute Gasteiger partial charge is 0.541 e. The quantitative estimate of drug-likeness (QED) is 0.844. The van der Waals surface area contributed by atoms with E-state index in [1.54, 1.807) is 14.0 Å². The van der Waals surface area contributed by atoms with Crippen LogP contribution in [0, 0.1) is 0 Å². The lowest BCUT2D eigenvalue weighted by Gasteiger charge is -2.37. The Kier molecular flexibility index (Phi) is 4.69. The van der Waals surface area contributed by atoms with Crippen LogP contribution in [0.2, 0.25) is 18.1 Å². The topological polar surface area (TPSA) is 38.7 Å². The first-order valence-corrected chi connectivity index (χ1v) is 9.54. The zero-order chi connectivity index (χ0) is 14.8. The Morgan fingerprint density at radius 3 is 2.16 bits per heavy atom. The third kappa shape index (κ3) is 3.73. The van der Waals surface area contributed by atoms with Gasteiger partial charge in [-0.2, -0.15) is 0 Å². The number of hydrogen-bond acceptors (Lipinski definition) is 3. The summed E-state index contributed by atoms with van der Waals surface area (Å²) >= 11 is 0.